The zero-order chi connectivity index (χ0) is 10.3. The highest BCUT2D eigenvalue weighted by Gasteiger charge is 2.03. The number of pyridine rings is 1. The molecule has 0 amide bonds. The Balaban J connectivity index is 2.46. The van der Waals surface area contributed by atoms with Crippen LogP contribution >= 0.6 is 0 Å². The van der Waals surface area contributed by atoms with Crippen LogP contribution in [0.4, 0.5) is 0 Å². The number of aromatic nitrogens is 2. The maximum Gasteiger partial charge on any atom is 0.0495 e. The molecule has 0 aliphatic heterocycles. The minimum Gasteiger partial charge on any atom is -0.354 e. The number of hydrogen-bond acceptors (Lipinski definition) is 2. The predicted molar refractivity (Wildman–Crippen MR) is 61.5 cm³/mol. The third-order valence-electron chi connectivity index (χ3n) is 2.70. The maximum atomic E-state index is 5.63. The van der Waals surface area contributed by atoms with Crippen LogP contribution in [0.5, 0.6) is 0 Å². The van der Waals surface area contributed by atoms with Crippen molar-refractivity contribution in [3.63, 3.8) is 0 Å². The van der Waals surface area contributed by atoms with Crippen molar-refractivity contribution in [3.05, 3.63) is 42.2 Å². The monoisotopic (exact) mass is 197 g/mol. The minimum absolute atomic E-state index is 0.572. The Morgan fingerprint density at radius 3 is 2.87 bits per heavy atom. The Morgan fingerprint density at radius 2 is 2.00 bits per heavy atom. The summed E-state index contributed by atoms with van der Waals surface area (Å²) in [5, 5.41) is 2.35. The van der Waals surface area contributed by atoms with E-state index in [1.165, 1.54) is 5.39 Å². The van der Waals surface area contributed by atoms with Gasteiger partial charge in [-0.3, -0.25) is 4.98 Å². The Bertz CT molecular complexity index is 625. The number of hydrogen-bond donors (Lipinski definition) is 2. The van der Waals surface area contributed by atoms with Crippen LogP contribution in [0.15, 0.2) is 36.7 Å². The summed E-state index contributed by atoms with van der Waals surface area (Å²) in [4.78, 5) is 7.49. The molecule has 0 atom stereocenters. The number of nitrogens with zero attached hydrogens (tertiary/aromatic N) is 1. The summed E-state index contributed by atoms with van der Waals surface area (Å²) in [6.45, 7) is 0.572. The lowest BCUT2D eigenvalue weighted by atomic mass is 10.1. The van der Waals surface area contributed by atoms with Crippen LogP contribution in [-0.2, 0) is 6.54 Å². The topological polar surface area (TPSA) is 54.7 Å². The molecule has 0 unspecified atom stereocenters. The van der Waals surface area contributed by atoms with Crippen LogP contribution < -0.4 is 5.73 Å². The Labute approximate surface area is 86.9 Å². The van der Waals surface area contributed by atoms with Gasteiger partial charge < -0.3 is 10.7 Å². The molecule has 1 aromatic carbocycles. The van der Waals surface area contributed by atoms with E-state index in [1.54, 1.807) is 6.20 Å². The quantitative estimate of drug-likeness (QED) is 0.628. The highest BCUT2D eigenvalue weighted by Crippen LogP contribution is 2.24. The largest absolute Gasteiger partial charge is 0.354 e. The number of benzene rings is 1. The number of H-pyrrole nitrogens is 1. The molecular weight excluding hydrogens is 186 g/mol. The van der Waals surface area contributed by atoms with Crippen molar-refractivity contribution < 1.29 is 0 Å². The predicted octanol–water partition coefficient (Wildman–Crippen LogP) is 2.17. The van der Waals surface area contributed by atoms with Crippen molar-refractivity contribution in [3.8, 4) is 0 Å². The van der Waals surface area contributed by atoms with Gasteiger partial charge in [-0.25, -0.2) is 0 Å². The summed E-state index contributed by atoms with van der Waals surface area (Å²) >= 11 is 0. The fourth-order valence-electron chi connectivity index (χ4n) is 1.91. The average Bonchev–Trinajstić information content (AvgIpc) is 2.66. The van der Waals surface area contributed by atoms with E-state index >= 15 is 0 Å². The van der Waals surface area contributed by atoms with Gasteiger partial charge in [0, 0.05) is 40.7 Å². The molecule has 15 heavy (non-hydrogen) atoms. The maximum absolute atomic E-state index is 5.63. The van der Waals surface area contributed by atoms with E-state index in [0.29, 0.717) is 6.54 Å². The first kappa shape index (κ1) is 8.44. The number of fused-ring (bicyclic) bond motifs is 3. The van der Waals surface area contributed by atoms with Crippen molar-refractivity contribution in [1.29, 1.82) is 0 Å². The van der Waals surface area contributed by atoms with Gasteiger partial charge in [-0.15, -0.1) is 0 Å². The zero-order valence-electron chi connectivity index (χ0n) is 8.20. The van der Waals surface area contributed by atoms with E-state index in [-0.39, 0.29) is 0 Å². The van der Waals surface area contributed by atoms with Crippen LogP contribution in [0, 0.1) is 0 Å². The fraction of sp³-hybridized carbons (Fsp3) is 0.0833. The first-order chi connectivity index (χ1) is 7.38. The second-order valence-electron chi connectivity index (χ2n) is 3.63. The Hall–Kier alpha value is -1.87. The van der Waals surface area contributed by atoms with Gasteiger partial charge in [-0.1, -0.05) is 6.07 Å². The van der Waals surface area contributed by atoms with Crippen molar-refractivity contribution >= 4 is 21.8 Å². The molecule has 2 heterocycles. The standard InChI is InChI=1S/C12H11N3/c13-6-8-1-2-11-9(5-8)10-7-14-4-3-12(10)15-11/h1-5,7,15H,6,13H2. The van der Waals surface area contributed by atoms with E-state index in [4.69, 9.17) is 5.73 Å². The molecule has 0 radical (unpaired) electrons. The number of nitrogens with one attached hydrogen (secondary N) is 1. The summed E-state index contributed by atoms with van der Waals surface area (Å²) < 4.78 is 0. The fourth-order valence-corrected chi connectivity index (χ4v) is 1.91. The molecule has 3 N–H and O–H groups in total. The van der Waals surface area contributed by atoms with Gasteiger partial charge in [-0.05, 0) is 23.8 Å². The third kappa shape index (κ3) is 1.21. The van der Waals surface area contributed by atoms with Crippen LogP contribution in [0.3, 0.4) is 0 Å². The van der Waals surface area contributed by atoms with Crippen molar-refractivity contribution in [2.75, 3.05) is 0 Å². The van der Waals surface area contributed by atoms with Gasteiger partial charge in [-0.2, -0.15) is 0 Å². The minimum atomic E-state index is 0.572. The number of aromatic amines is 1. The van der Waals surface area contributed by atoms with Gasteiger partial charge >= 0.3 is 0 Å². The molecule has 0 aliphatic rings. The summed E-state index contributed by atoms with van der Waals surface area (Å²) in [7, 11) is 0. The molecule has 2 aromatic heterocycles. The van der Waals surface area contributed by atoms with Gasteiger partial charge in [0.05, 0.1) is 0 Å². The van der Waals surface area contributed by atoms with Crippen molar-refractivity contribution in [2.45, 2.75) is 6.54 Å². The zero-order valence-corrected chi connectivity index (χ0v) is 8.20. The molecule has 3 aromatic rings. The first-order valence-corrected chi connectivity index (χ1v) is 4.93. The van der Waals surface area contributed by atoms with Crippen LogP contribution in [0.2, 0.25) is 0 Å². The summed E-state index contributed by atoms with van der Waals surface area (Å²) in [5.74, 6) is 0. The molecule has 0 saturated carbocycles. The first-order valence-electron chi connectivity index (χ1n) is 4.93. The highest BCUT2D eigenvalue weighted by molar-refractivity contribution is 6.06. The molecular formula is C12H11N3. The smallest absolute Gasteiger partial charge is 0.0495 e. The molecule has 3 rings (SSSR count). The number of nitrogens with two attached hydrogens (primary N) is 1. The van der Waals surface area contributed by atoms with E-state index in [9.17, 15) is 0 Å². The van der Waals surface area contributed by atoms with Crippen LogP contribution in [0.25, 0.3) is 21.8 Å². The van der Waals surface area contributed by atoms with Gasteiger partial charge in [0.1, 0.15) is 0 Å². The van der Waals surface area contributed by atoms with E-state index in [2.05, 4.69) is 22.1 Å². The van der Waals surface area contributed by atoms with Crippen molar-refractivity contribution in [2.24, 2.45) is 5.73 Å². The molecule has 0 aliphatic carbocycles. The van der Waals surface area contributed by atoms with E-state index < -0.39 is 0 Å². The van der Waals surface area contributed by atoms with E-state index in [0.717, 1.165) is 22.0 Å². The molecule has 0 bridgehead atoms. The lowest BCUT2D eigenvalue weighted by molar-refractivity contribution is 1.08. The second-order valence-corrected chi connectivity index (χ2v) is 3.63. The molecule has 0 fully saturated rings. The highest BCUT2D eigenvalue weighted by atomic mass is 14.7. The Kier molecular flexibility index (Phi) is 1.73. The van der Waals surface area contributed by atoms with Crippen LogP contribution in [-0.4, -0.2) is 9.97 Å². The molecule has 0 saturated heterocycles. The number of rotatable bonds is 1. The second kappa shape index (κ2) is 3.07. The van der Waals surface area contributed by atoms with Gasteiger partial charge in [0.15, 0.2) is 0 Å². The van der Waals surface area contributed by atoms with Crippen LogP contribution in [0.1, 0.15) is 5.56 Å². The van der Waals surface area contributed by atoms with E-state index in [1.807, 2.05) is 18.3 Å². The molecule has 74 valence electrons. The summed E-state index contributed by atoms with van der Waals surface area (Å²) in [5.41, 5.74) is 9.03. The summed E-state index contributed by atoms with van der Waals surface area (Å²) in [6, 6.07) is 8.22. The lowest BCUT2D eigenvalue weighted by Gasteiger charge is -1.96. The SMILES string of the molecule is NCc1ccc2[nH]c3ccncc3c2c1. The van der Waals surface area contributed by atoms with Gasteiger partial charge in [0.25, 0.3) is 0 Å². The summed E-state index contributed by atoms with van der Waals surface area (Å²) in [6.07, 6.45) is 3.68. The molecule has 0 spiro atoms. The lowest BCUT2D eigenvalue weighted by Crippen LogP contribution is -1.94. The molecule has 3 heteroatoms. The Morgan fingerprint density at radius 1 is 1.13 bits per heavy atom. The molecule has 3 nitrogen and oxygen atoms in total. The van der Waals surface area contributed by atoms with Gasteiger partial charge in [0.2, 0.25) is 0 Å². The third-order valence-corrected chi connectivity index (χ3v) is 2.70. The van der Waals surface area contributed by atoms with Crippen molar-refractivity contribution in [1.82, 2.24) is 9.97 Å². The normalized spacial score (nSPS) is 11.3. The average molecular weight is 197 g/mol.